The molecule has 10 heteroatoms. The summed E-state index contributed by atoms with van der Waals surface area (Å²) in [6.07, 6.45) is 1.23. The quantitative estimate of drug-likeness (QED) is 0.371. The average molecular weight is 487 g/mol. The third kappa shape index (κ3) is 3.42. The fourth-order valence-electron chi connectivity index (χ4n) is 5.35. The van der Waals surface area contributed by atoms with Gasteiger partial charge in [0.15, 0.2) is 23.1 Å². The van der Waals surface area contributed by atoms with E-state index in [1.54, 1.807) is 10.6 Å². The molecule has 3 N–H and O–H groups in total. The zero-order valence-electron chi connectivity index (χ0n) is 19.3. The van der Waals surface area contributed by atoms with E-state index in [-0.39, 0.29) is 36.0 Å². The standard InChI is InChI=1S/C25H24F3N3O4/c1-24(2,11-35-3)22-18(13-8-25(34,9-13)23(32)33)19-17(6-12-10-29-30-21(12)20(19)28)31(22)14-4-5-15(26)16(27)7-14/h4-7,10,13,34H,8-9,11H2,1-3H3,(H,29,30)(H,32,33). The largest absolute Gasteiger partial charge is 0.479 e. The Balaban J connectivity index is 1.91. The molecule has 2 heterocycles. The molecule has 0 aliphatic heterocycles. The van der Waals surface area contributed by atoms with E-state index < -0.39 is 40.4 Å². The predicted molar refractivity (Wildman–Crippen MR) is 122 cm³/mol. The number of H-pyrrole nitrogens is 1. The molecule has 0 unspecified atom stereocenters. The van der Waals surface area contributed by atoms with E-state index in [0.717, 1.165) is 12.1 Å². The van der Waals surface area contributed by atoms with Gasteiger partial charge in [-0.15, -0.1) is 0 Å². The van der Waals surface area contributed by atoms with Gasteiger partial charge in [0.25, 0.3) is 0 Å². The summed E-state index contributed by atoms with van der Waals surface area (Å²) in [5.41, 5.74) is -0.771. The molecule has 0 atom stereocenters. The maximum absolute atomic E-state index is 16.0. The number of carboxylic acids is 1. The van der Waals surface area contributed by atoms with Gasteiger partial charge in [0, 0.05) is 40.7 Å². The van der Waals surface area contributed by atoms with Crippen LogP contribution in [0.3, 0.4) is 0 Å². The fraction of sp³-hybridized carbons (Fsp3) is 0.360. The molecule has 0 radical (unpaired) electrons. The predicted octanol–water partition coefficient (Wildman–Crippen LogP) is 4.54. The minimum Gasteiger partial charge on any atom is -0.479 e. The highest BCUT2D eigenvalue weighted by atomic mass is 19.2. The maximum atomic E-state index is 16.0. The van der Waals surface area contributed by atoms with Crippen LogP contribution < -0.4 is 0 Å². The van der Waals surface area contributed by atoms with Crippen molar-refractivity contribution >= 4 is 27.8 Å². The summed E-state index contributed by atoms with van der Waals surface area (Å²) in [4.78, 5) is 11.6. The smallest absolute Gasteiger partial charge is 0.335 e. The van der Waals surface area contributed by atoms with Crippen LogP contribution in [-0.4, -0.2) is 50.3 Å². The maximum Gasteiger partial charge on any atom is 0.335 e. The second kappa shape index (κ2) is 7.82. The van der Waals surface area contributed by atoms with E-state index in [0.29, 0.717) is 22.2 Å². The van der Waals surface area contributed by atoms with E-state index in [1.807, 2.05) is 13.8 Å². The average Bonchev–Trinajstić information content (AvgIpc) is 3.37. The lowest BCUT2D eigenvalue weighted by Crippen LogP contribution is -2.49. The minimum atomic E-state index is -1.92. The fourth-order valence-corrected chi connectivity index (χ4v) is 5.35. The number of methoxy groups -OCH3 is 1. The summed E-state index contributed by atoms with van der Waals surface area (Å²) >= 11 is 0. The lowest BCUT2D eigenvalue weighted by molar-refractivity contribution is -0.169. The Hall–Kier alpha value is -3.37. The highest BCUT2D eigenvalue weighted by Gasteiger charge is 2.52. The van der Waals surface area contributed by atoms with Crippen molar-refractivity contribution in [2.45, 2.75) is 43.6 Å². The third-order valence-electron chi connectivity index (χ3n) is 6.93. The second-order valence-corrected chi connectivity index (χ2v) is 9.87. The van der Waals surface area contributed by atoms with Crippen LogP contribution in [0.4, 0.5) is 13.2 Å². The van der Waals surface area contributed by atoms with Crippen molar-refractivity contribution in [2.24, 2.45) is 0 Å². The second-order valence-electron chi connectivity index (χ2n) is 9.87. The molecule has 35 heavy (non-hydrogen) atoms. The van der Waals surface area contributed by atoms with Gasteiger partial charge in [0.2, 0.25) is 0 Å². The first-order chi connectivity index (χ1) is 16.5. The number of nitrogens with one attached hydrogen (secondary N) is 1. The highest BCUT2D eigenvalue weighted by Crippen LogP contribution is 2.52. The number of benzene rings is 2. The molecule has 2 aromatic carbocycles. The monoisotopic (exact) mass is 487 g/mol. The molecule has 5 rings (SSSR count). The van der Waals surface area contributed by atoms with Crippen LogP contribution >= 0.6 is 0 Å². The number of hydrogen-bond donors (Lipinski definition) is 3. The van der Waals surface area contributed by atoms with E-state index in [4.69, 9.17) is 4.74 Å². The van der Waals surface area contributed by atoms with Crippen LogP contribution in [-0.2, 0) is 14.9 Å². The van der Waals surface area contributed by atoms with Gasteiger partial charge in [-0.25, -0.2) is 18.0 Å². The van der Waals surface area contributed by atoms with E-state index >= 15 is 4.39 Å². The third-order valence-corrected chi connectivity index (χ3v) is 6.93. The van der Waals surface area contributed by atoms with Gasteiger partial charge < -0.3 is 19.5 Å². The van der Waals surface area contributed by atoms with Crippen molar-refractivity contribution in [3.8, 4) is 5.69 Å². The lowest BCUT2D eigenvalue weighted by Gasteiger charge is -2.42. The lowest BCUT2D eigenvalue weighted by atomic mass is 9.66. The Bertz CT molecular complexity index is 1480. The van der Waals surface area contributed by atoms with Crippen LogP contribution in [0, 0.1) is 17.5 Å². The molecule has 0 saturated heterocycles. The van der Waals surface area contributed by atoms with Gasteiger partial charge in [-0.05, 0) is 42.5 Å². The number of aliphatic hydroxyl groups is 1. The van der Waals surface area contributed by atoms with Gasteiger partial charge in [-0.3, -0.25) is 5.10 Å². The zero-order valence-corrected chi connectivity index (χ0v) is 19.3. The number of halogens is 3. The van der Waals surface area contributed by atoms with Crippen molar-refractivity contribution in [3.05, 3.63) is 59.2 Å². The Morgan fingerprint density at radius 3 is 2.60 bits per heavy atom. The van der Waals surface area contributed by atoms with E-state index in [2.05, 4.69) is 10.2 Å². The molecule has 1 aliphatic rings. The molecule has 4 aromatic rings. The number of aromatic nitrogens is 3. The number of carboxylic acid groups (broad SMARTS) is 1. The Morgan fingerprint density at radius 1 is 1.26 bits per heavy atom. The molecule has 1 aliphatic carbocycles. The molecule has 0 bridgehead atoms. The summed E-state index contributed by atoms with van der Waals surface area (Å²) in [5.74, 6) is -4.50. The summed E-state index contributed by atoms with van der Waals surface area (Å²) in [6, 6.07) is 5.15. The minimum absolute atomic E-state index is 0.115. The number of ether oxygens (including phenoxy) is 1. The van der Waals surface area contributed by atoms with Gasteiger partial charge in [0.05, 0.1) is 18.3 Å². The Morgan fingerprint density at radius 2 is 1.97 bits per heavy atom. The number of aliphatic carboxylic acids is 1. The Labute approximate surface area is 198 Å². The molecule has 7 nitrogen and oxygen atoms in total. The van der Waals surface area contributed by atoms with Crippen LogP contribution in [0.15, 0.2) is 30.5 Å². The van der Waals surface area contributed by atoms with Crippen LogP contribution in [0.25, 0.3) is 27.5 Å². The number of fused-ring (bicyclic) bond motifs is 2. The van der Waals surface area contributed by atoms with Crippen molar-refractivity contribution < 1.29 is 32.9 Å². The molecule has 0 amide bonds. The van der Waals surface area contributed by atoms with Crippen molar-refractivity contribution in [2.75, 3.05) is 13.7 Å². The van der Waals surface area contributed by atoms with Crippen LogP contribution in [0.1, 0.15) is 43.9 Å². The molecule has 2 aromatic heterocycles. The molecule has 0 spiro atoms. The van der Waals surface area contributed by atoms with Gasteiger partial charge in [-0.2, -0.15) is 5.10 Å². The highest BCUT2D eigenvalue weighted by molar-refractivity contribution is 6.00. The number of rotatable bonds is 6. The zero-order chi connectivity index (χ0) is 25.3. The van der Waals surface area contributed by atoms with Gasteiger partial charge in [-0.1, -0.05) is 13.8 Å². The summed E-state index contributed by atoms with van der Waals surface area (Å²) in [5, 5.41) is 27.2. The van der Waals surface area contributed by atoms with Gasteiger partial charge >= 0.3 is 5.97 Å². The first-order valence-corrected chi connectivity index (χ1v) is 11.1. The summed E-state index contributed by atoms with van der Waals surface area (Å²) in [6.45, 7) is 3.95. The number of carbonyl (C=O) groups is 1. The van der Waals surface area contributed by atoms with Crippen molar-refractivity contribution in [1.29, 1.82) is 0 Å². The van der Waals surface area contributed by atoms with Crippen LogP contribution in [0.2, 0.25) is 0 Å². The normalized spacial score (nSPS) is 20.5. The first-order valence-electron chi connectivity index (χ1n) is 11.1. The molecule has 1 fully saturated rings. The summed E-state index contributed by atoms with van der Waals surface area (Å²) in [7, 11) is 1.52. The summed E-state index contributed by atoms with van der Waals surface area (Å²) < 4.78 is 51.3. The molecule has 184 valence electrons. The number of aromatic amines is 1. The number of hydrogen-bond acceptors (Lipinski definition) is 4. The van der Waals surface area contributed by atoms with Gasteiger partial charge in [0.1, 0.15) is 5.52 Å². The van der Waals surface area contributed by atoms with E-state index in [9.17, 15) is 23.8 Å². The molecule has 1 saturated carbocycles. The van der Waals surface area contributed by atoms with Crippen LogP contribution in [0.5, 0.6) is 0 Å². The number of nitrogens with zero attached hydrogens (tertiary/aromatic N) is 2. The van der Waals surface area contributed by atoms with E-state index in [1.165, 1.54) is 19.4 Å². The Kier molecular flexibility index (Phi) is 5.22. The molecular formula is C25H24F3N3O4. The first kappa shape index (κ1) is 23.4. The topological polar surface area (TPSA) is 100 Å². The van der Waals surface area contributed by atoms with Crippen molar-refractivity contribution in [3.63, 3.8) is 0 Å². The molecular weight excluding hydrogens is 463 g/mol. The SMILES string of the molecule is COCC(C)(C)c1c(C2CC(O)(C(=O)O)C2)c2c(F)c3[nH]ncc3cc2n1-c1ccc(F)c(F)c1. The van der Waals surface area contributed by atoms with Crippen molar-refractivity contribution in [1.82, 2.24) is 14.8 Å².